The summed E-state index contributed by atoms with van der Waals surface area (Å²) in [4.78, 5) is 31.5. The summed E-state index contributed by atoms with van der Waals surface area (Å²) in [5.74, 6) is 1.22. The number of hydrogen-bond donors (Lipinski definition) is 2. The Labute approximate surface area is 176 Å². The number of H-pyrrole nitrogens is 1. The number of nitrogens with one attached hydrogen (secondary N) is 2. The van der Waals surface area contributed by atoms with E-state index < -0.39 is 6.10 Å². The van der Waals surface area contributed by atoms with Gasteiger partial charge < -0.3 is 15.0 Å². The van der Waals surface area contributed by atoms with Crippen molar-refractivity contribution in [1.82, 2.24) is 9.97 Å². The molecule has 1 heterocycles. The van der Waals surface area contributed by atoms with Gasteiger partial charge in [0, 0.05) is 23.0 Å². The molecule has 0 saturated heterocycles. The fourth-order valence-electron chi connectivity index (χ4n) is 3.17. The van der Waals surface area contributed by atoms with Crippen LogP contribution in [-0.2, 0) is 4.79 Å². The third-order valence-electron chi connectivity index (χ3n) is 4.74. The van der Waals surface area contributed by atoms with E-state index in [1.54, 1.807) is 32.0 Å². The molecule has 6 nitrogen and oxygen atoms in total. The molecule has 1 unspecified atom stereocenters. The lowest BCUT2D eigenvalue weighted by Crippen LogP contribution is -2.30. The summed E-state index contributed by atoms with van der Waals surface area (Å²) >= 11 is 0. The van der Waals surface area contributed by atoms with Crippen molar-refractivity contribution < 1.29 is 9.53 Å². The highest BCUT2D eigenvalue weighted by molar-refractivity contribution is 5.94. The Bertz CT molecular complexity index is 1120. The Morgan fingerprint density at radius 1 is 1.07 bits per heavy atom. The van der Waals surface area contributed by atoms with Gasteiger partial charge in [-0.25, -0.2) is 4.98 Å². The van der Waals surface area contributed by atoms with Crippen LogP contribution in [0.25, 0.3) is 11.4 Å². The maximum Gasteiger partial charge on any atom is 0.265 e. The molecule has 3 aromatic rings. The number of benzene rings is 2. The Hall–Kier alpha value is -3.41. The van der Waals surface area contributed by atoms with Crippen LogP contribution in [0, 0.1) is 13.8 Å². The van der Waals surface area contributed by atoms with Crippen molar-refractivity contribution in [3.63, 3.8) is 0 Å². The number of carbonyl (C=O) groups excluding carboxylic acids is 1. The van der Waals surface area contributed by atoms with E-state index in [0.29, 0.717) is 22.8 Å². The predicted molar refractivity (Wildman–Crippen MR) is 119 cm³/mol. The second-order valence-corrected chi connectivity index (χ2v) is 7.76. The standard InChI is InChI=1S/C24H27N3O3/c1-14(2)20-10-9-15(3)11-21(20)30-17(5)24(29)26-19-8-6-7-18(13-19)23-25-16(4)12-22(28)27-23/h6-14,17H,1-5H3,(H,26,29)(H,25,27,28). The van der Waals surface area contributed by atoms with Gasteiger partial charge in [0.25, 0.3) is 11.5 Å². The molecule has 0 spiro atoms. The molecule has 0 aliphatic rings. The number of hydrogen-bond acceptors (Lipinski definition) is 4. The molecule has 1 aromatic heterocycles. The van der Waals surface area contributed by atoms with Gasteiger partial charge in [0.2, 0.25) is 0 Å². The first-order valence-corrected chi connectivity index (χ1v) is 9.99. The van der Waals surface area contributed by atoms with E-state index in [1.807, 2.05) is 31.2 Å². The highest BCUT2D eigenvalue weighted by Gasteiger charge is 2.18. The maximum absolute atomic E-state index is 12.7. The summed E-state index contributed by atoms with van der Waals surface area (Å²) in [6.07, 6.45) is -0.676. The number of rotatable bonds is 6. The van der Waals surface area contributed by atoms with Crippen LogP contribution >= 0.6 is 0 Å². The van der Waals surface area contributed by atoms with E-state index in [2.05, 4.69) is 29.1 Å². The van der Waals surface area contributed by atoms with Crippen molar-refractivity contribution in [3.8, 4) is 17.1 Å². The summed E-state index contributed by atoms with van der Waals surface area (Å²) in [6.45, 7) is 9.68. The smallest absolute Gasteiger partial charge is 0.265 e. The number of ether oxygens (including phenoxy) is 1. The molecule has 2 N–H and O–H groups in total. The zero-order valence-electron chi connectivity index (χ0n) is 17.9. The number of anilines is 1. The minimum Gasteiger partial charge on any atom is -0.481 e. The third-order valence-corrected chi connectivity index (χ3v) is 4.74. The molecule has 3 rings (SSSR count). The first kappa shape index (κ1) is 21.3. The molecule has 0 bridgehead atoms. The fourth-order valence-corrected chi connectivity index (χ4v) is 3.17. The van der Waals surface area contributed by atoms with Crippen molar-refractivity contribution in [2.75, 3.05) is 5.32 Å². The molecule has 0 saturated carbocycles. The minimum atomic E-state index is -0.676. The van der Waals surface area contributed by atoms with Gasteiger partial charge >= 0.3 is 0 Å². The van der Waals surface area contributed by atoms with Crippen molar-refractivity contribution >= 4 is 11.6 Å². The summed E-state index contributed by atoms with van der Waals surface area (Å²) in [6, 6.07) is 14.7. The van der Waals surface area contributed by atoms with Gasteiger partial charge in [-0.1, -0.05) is 38.1 Å². The van der Waals surface area contributed by atoms with Crippen molar-refractivity contribution in [2.45, 2.75) is 46.6 Å². The zero-order valence-corrected chi connectivity index (χ0v) is 17.9. The molecule has 1 amide bonds. The summed E-state index contributed by atoms with van der Waals surface area (Å²) in [5, 5.41) is 2.88. The molecule has 2 aromatic carbocycles. The van der Waals surface area contributed by atoms with Crippen LogP contribution in [0.1, 0.15) is 43.5 Å². The predicted octanol–water partition coefficient (Wildman–Crippen LogP) is 4.58. The van der Waals surface area contributed by atoms with E-state index in [-0.39, 0.29) is 17.4 Å². The molecule has 0 radical (unpaired) electrons. The van der Waals surface area contributed by atoms with E-state index in [4.69, 9.17) is 4.74 Å². The van der Waals surface area contributed by atoms with Crippen LogP contribution in [-0.4, -0.2) is 22.0 Å². The van der Waals surface area contributed by atoms with Gasteiger partial charge in [-0.05, 0) is 56.0 Å². The number of carbonyl (C=O) groups is 1. The Kier molecular flexibility index (Phi) is 6.35. The Morgan fingerprint density at radius 2 is 1.83 bits per heavy atom. The highest BCUT2D eigenvalue weighted by Crippen LogP contribution is 2.28. The molecule has 0 aliphatic heterocycles. The molecular weight excluding hydrogens is 378 g/mol. The highest BCUT2D eigenvalue weighted by atomic mass is 16.5. The van der Waals surface area contributed by atoms with E-state index in [0.717, 1.165) is 16.9 Å². The van der Waals surface area contributed by atoms with Crippen LogP contribution in [0.15, 0.2) is 53.3 Å². The van der Waals surface area contributed by atoms with Crippen molar-refractivity contribution in [3.05, 3.63) is 75.7 Å². The van der Waals surface area contributed by atoms with Gasteiger partial charge in [-0.3, -0.25) is 9.59 Å². The van der Waals surface area contributed by atoms with Crippen LogP contribution < -0.4 is 15.6 Å². The van der Waals surface area contributed by atoms with Crippen LogP contribution in [0.3, 0.4) is 0 Å². The molecular formula is C24H27N3O3. The lowest BCUT2D eigenvalue weighted by Gasteiger charge is -2.19. The minimum absolute atomic E-state index is 0.215. The third kappa shape index (κ3) is 5.14. The number of aryl methyl sites for hydroxylation is 2. The molecule has 0 aliphatic carbocycles. The zero-order chi connectivity index (χ0) is 21.8. The number of aromatic amines is 1. The normalized spacial score (nSPS) is 11.9. The first-order chi connectivity index (χ1) is 14.2. The molecule has 156 valence electrons. The van der Waals surface area contributed by atoms with Gasteiger partial charge in [-0.2, -0.15) is 0 Å². The molecule has 1 atom stereocenters. The van der Waals surface area contributed by atoms with Crippen LogP contribution in [0.2, 0.25) is 0 Å². The van der Waals surface area contributed by atoms with Gasteiger partial charge in [0.1, 0.15) is 11.6 Å². The van der Waals surface area contributed by atoms with E-state index in [9.17, 15) is 9.59 Å². The van der Waals surface area contributed by atoms with Gasteiger partial charge in [0.05, 0.1) is 0 Å². The van der Waals surface area contributed by atoms with Crippen molar-refractivity contribution in [1.29, 1.82) is 0 Å². The molecule has 30 heavy (non-hydrogen) atoms. The summed E-state index contributed by atoms with van der Waals surface area (Å²) in [7, 11) is 0. The van der Waals surface area contributed by atoms with Crippen LogP contribution in [0.4, 0.5) is 5.69 Å². The second-order valence-electron chi connectivity index (χ2n) is 7.76. The Balaban J connectivity index is 1.76. The second kappa shape index (κ2) is 8.95. The summed E-state index contributed by atoms with van der Waals surface area (Å²) in [5.41, 5.74) is 3.87. The first-order valence-electron chi connectivity index (χ1n) is 9.99. The maximum atomic E-state index is 12.7. The lowest BCUT2D eigenvalue weighted by molar-refractivity contribution is -0.122. The topological polar surface area (TPSA) is 84.1 Å². The van der Waals surface area contributed by atoms with Crippen molar-refractivity contribution in [2.24, 2.45) is 0 Å². The Morgan fingerprint density at radius 3 is 2.53 bits per heavy atom. The van der Waals surface area contributed by atoms with Gasteiger partial charge in [-0.15, -0.1) is 0 Å². The lowest BCUT2D eigenvalue weighted by atomic mass is 10.0. The average molecular weight is 405 g/mol. The molecule has 0 fully saturated rings. The average Bonchev–Trinajstić information content (AvgIpc) is 2.67. The number of amides is 1. The van der Waals surface area contributed by atoms with Gasteiger partial charge in [0.15, 0.2) is 6.10 Å². The summed E-state index contributed by atoms with van der Waals surface area (Å²) < 4.78 is 6.00. The molecule has 6 heteroatoms. The number of aromatic nitrogens is 2. The number of nitrogens with zero attached hydrogens (tertiary/aromatic N) is 1. The SMILES string of the molecule is Cc1ccc(C(C)C)c(OC(C)C(=O)Nc2cccc(-c3nc(C)cc(=O)[nH]3)c2)c1. The van der Waals surface area contributed by atoms with Crippen LogP contribution in [0.5, 0.6) is 5.75 Å². The largest absolute Gasteiger partial charge is 0.481 e. The monoisotopic (exact) mass is 405 g/mol. The van der Waals surface area contributed by atoms with E-state index >= 15 is 0 Å². The quantitative estimate of drug-likeness (QED) is 0.629. The van der Waals surface area contributed by atoms with E-state index in [1.165, 1.54) is 6.07 Å². The fraction of sp³-hybridized carbons (Fsp3) is 0.292.